The van der Waals surface area contributed by atoms with Crippen LogP contribution in [0.1, 0.15) is 0 Å². The number of halogens is 2. The molecule has 0 atom stereocenters. The summed E-state index contributed by atoms with van der Waals surface area (Å²) in [4.78, 5) is 20.6. The quantitative estimate of drug-likeness (QED) is 0.792. The Morgan fingerprint density at radius 3 is 2.59 bits per heavy atom. The van der Waals surface area contributed by atoms with E-state index in [0.29, 0.717) is 9.50 Å². The summed E-state index contributed by atoms with van der Waals surface area (Å²) in [6.07, 6.45) is 3.46. The second kappa shape index (κ2) is 6.26. The van der Waals surface area contributed by atoms with Crippen molar-refractivity contribution in [1.29, 1.82) is 0 Å². The Hall–Kier alpha value is -1.60. The third-order valence-electron chi connectivity index (χ3n) is 3.72. The monoisotopic (exact) mass is 383 g/mol. The lowest BCUT2D eigenvalue weighted by Gasteiger charge is -2.37. The minimum absolute atomic E-state index is 0.132. The van der Waals surface area contributed by atoms with Gasteiger partial charge in [0.25, 0.3) is 5.56 Å². The number of aryl methyl sites for hydroxylation is 1. The van der Waals surface area contributed by atoms with Crippen LogP contribution < -0.4 is 15.4 Å². The van der Waals surface area contributed by atoms with Crippen LogP contribution in [0.15, 0.2) is 33.8 Å². The molecule has 0 amide bonds. The van der Waals surface area contributed by atoms with Crippen LogP contribution in [0, 0.1) is 0 Å². The van der Waals surface area contributed by atoms with Gasteiger partial charge in [-0.2, -0.15) is 5.10 Å². The maximum atomic E-state index is 12.0. The Kier molecular flexibility index (Phi) is 4.35. The van der Waals surface area contributed by atoms with Crippen LogP contribution in [0.4, 0.5) is 11.5 Å². The Bertz CT molecular complexity index is 742. The highest BCUT2D eigenvalue weighted by molar-refractivity contribution is 9.10. The molecule has 1 saturated heterocycles. The average molecular weight is 385 g/mol. The second-order valence-corrected chi connectivity index (χ2v) is 6.26. The van der Waals surface area contributed by atoms with Crippen LogP contribution in [-0.4, -0.2) is 40.9 Å². The smallest absolute Gasteiger partial charge is 0.282 e. The fourth-order valence-electron chi connectivity index (χ4n) is 2.49. The SMILES string of the molecule is Cn1ncc(N2CCN(c3ncccc3Cl)CC2)c(Br)c1=O. The van der Waals surface area contributed by atoms with Gasteiger partial charge in [0.1, 0.15) is 10.3 Å². The van der Waals surface area contributed by atoms with Crippen molar-refractivity contribution in [3.8, 4) is 0 Å². The number of rotatable bonds is 2. The number of pyridine rings is 1. The molecule has 0 bridgehead atoms. The van der Waals surface area contributed by atoms with Gasteiger partial charge in [0, 0.05) is 39.4 Å². The van der Waals surface area contributed by atoms with E-state index in [0.717, 1.165) is 37.7 Å². The van der Waals surface area contributed by atoms with E-state index < -0.39 is 0 Å². The Balaban J connectivity index is 1.76. The van der Waals surface area contributed by atoms with Gasteiger partial charge in [0.05, 0.1) is 16.9 Å². The molecule has 1 fully saturated rings. The minimum atomic E-state index is -0.132. The fraction of sp³-hybridized carbons (Fsp3) is 0.357. The van der Waals surface area contributed by atoms with E-state index in [1.165, 1.54) is 4.68 Å². The first kappa shape index (κ1) is 15.3. The normalized spacial score (nSPS) is 15.2. The number of piperazine rings is 1. The highest BCUT2D eigenvalue weighted by atomic mass is 79.9. The zero-order valence-electron chi connectivity index (χ0n) is 12.0. The van der Waals surface area contributed by atoms with E-state index in [-0.39, 0.29) is 5.56 Å². The molecule has 0 radical (unpaired) electrons. The Morgan fingerprint density at radius 1 is 1.23 bits per heavy atom. The number of aromatic nitrogens is 3. The van der Waals surface area contributed by atoms with E-state index in [2.05, 4.69) is 35.8 Å². The minimum Gasteiger partial charge on any atom is -0.366 e. The average Bonchev–Trinajstić information content (AvgIpc) is 2.54. The molecule has 116 valence electrons. The summed E-state index contributed by atoms with van der Waals surface area (Å²) in [5.41, 5.74) is 0.697. The van der Waals surface area contributed by atoms with E-state index in [9.17, 15) is 4.79 Å². The first-order valence-electron chi connectivity index (χ1n) is 6.90. The van der Waals surface area contributed by atoms with Gasteiger partial charge in [0.15, 0.2) is 0 Å². The van der Waals surface area contributed by atoms with Crippen molar-refractivity contribution in [3.63, 3.8) is 0 Å². The van der Waals surface area contributed by atoms with Gasteiger partial charge in [-0.1, -0.05) is 11.6 Å². The predicted octanol–water partition coefficient (Wildman–Crippen LogP) is 1.92. The number of anilines is 2. The van der Waals surface area contributed by atoms with E-state index in [1.807, 2.05) is 12.1 Å². The molecule has 22 heavy (non-hydrogen) atoms. The summed E-state index contributed by atoms with van der Waals surface area (Å²) in [6.45, 7) is 3.14. The second-order valence-electron chi connectivity index (χ2n) is 5.06. The topological polar surface area (TPSA) is 54.3 Å². The van der Waals surface area contributed by atoms with Crippen LogP contribution in [0.2, 0.25) is 5.02 Å². The van der Waals surface area contributed by atoms with Crippen molar-refractivity contribution in [2.75, 3.05) is 36.0 Å². The zero-order chi connectivity index (χ0) is 15.7. The van der Waals surface area contributed by atoms with Crippen molar-refractivity contribution in [1.82, 2.24) is 14.8 Å². The first-order valence-corrected chi connectivity index (χ1v) is 8.07. The van der Waals surface area contributed by atoms with Crippen molar-refractivity contribution < 1.29 is 0 Å². The molecule has 6 nitrogen and oxygen atoms in total. The lowest BCUT2D eigenvalue weighted by atomic mass is 10.2. The molecule has 1 aliphatic rings. The van der Waals surface area contributed by atoms with Crippen molar-refractivity contribution >= 4 is 39.0 Å². The van der Waals surface area contributed by atoms with Crippen molar-refractivity contribution in [3.05, 3.63) is 44.4 Å². The van der Waals surface area contributed by atoms with Gasteiger partial charge < -0.3 is 9.80 Å². The van der Waals surface area contributed by atoms with Crippen LogP contribution in [0.5, 0.6) is 0 Å². The summed E-state index contributed by atoms with van der Waals surface area (Å²) >= 11 is 9.57. The predicted molar refractivity (Wildman–Crippen MR) is 90.9 cm³/mol. The lowest BCUT2D eigenvalue weighted by Crippen LogP contribution is -2.47. The molecule has 1 aliphatic heterocycles. The summed E-state index contributed by atoms with van der Waals surface area (Å²) < 4.78 is 1.87. The molecular formula is C14H15BrClN5O. The summed E-state index contributed by atoms with van der Waals surface area (Å²) in [7, 11) is 1.64. The molecule has 2 aromatic heterocycles. The molecule has 3 rings (SSSR count). The summed E-state index contributed by atoms with van der Waals surface area (Å²) in [5, 5.41) is 4.75. The number of hydrogen-bond acceptors (Lipinski definition) is 5. The van der Waals surface area contributed by atoms with Crippen LogP contribution in [-0.2, 0) is 7.05 Å². The van der Waals surface area contributed by atoms with Crippen LogP contribution >= 0.6 is 27.5 Å². The molecule has 3 heterocycles. The molecule has 0 aliphatic carbocycles. The van der Waals surface area contributed by atoms with E-state index in [4.69, 9.17) is 11.6 Å². The van der Waals surface area contributed by atoms with Crippen molar-refractivity contribution in [2.45, 2.75) is 0 Å². The first-order chi connectivity index (χ1) is 10.6. The van der Waals surface area contributed by atoms with E-state index in [1.54, 1.807) is 19.4 Å². The molecule has 0 unspecified atom stereocenters. The van der Waals surface area contributed by atoms with Crippen LogP contribution in [0.3, 0.4) is 0 Å². The highest BCUT2D eigenvalue weighted by Crippen LogP contribution is 2.26. The third-order valence-corrected chi connectivity index (χ3v) is 4.76. The molecule has 0 aromatic carbocycles. The van der Waals surface area contributed by atoms with Gasteiger partial charge in [-0.05, 0) is 28.1 Å². The number of hydrogen-bond donors (Lipinski definition) is 0. The lowest BCUT2D eigenvalue weighted by molar-refractivity contribution is 0.636. The highest BCUT2D eigenvalue weighted by Gasteiger charge is 2.22. The summed E-state index contributed by atoms with van der Waals surface area (Å²) in [6, 6.07) is 3.67. The van der Waals surface area contributed by atoms with Gasteiger partial charge in [-0.15, -0.1) is 0 Å². The van der Waals surface area contributed by atoms with Gasteiger partial charge in [0.2, 0.25) is 0 Å². The van der Waals surface area contributed by atoms with Crippen LogP contribution in [0.25, 0.3) is 0 Å². The third kappa shape index (κ3) is 2.83. The van der Waals surface area contributed by atoms with E-state index >= 15 is 0 Å². The van der Waals surface area contributed by atoms with Crippen molar-refractivity contribution in [2.24, 2.45) is 7.05 Å². The summed E-state index contributed by atoms with van der Waals surface area (Å²) in [5.74, 6) is 0.810. The van der Waals surface area contributed by atoms with Gasteiger partial charge >= 0.3 is 0 Å². The zero-order valence-corrected chi connectivity index (χ0v) is 14.4. The standard InChI is InChI=1S/C14H15BrClN5O/c1-19-14(22)12(15)11(9-18-19)20-5-7-21(8-6-20)13-10(16)3-2-4-17-13/h2-4,9H,5-8H2,1H3. The molecule has 8 heteroatoms. The maximum absolute atomic E-state index is 12.0. The molecular weight excluding hydrogens is 370 g/mol. The molecule has 0 spiro atoms. The Labute approximate surface area is 141 Å². The molecule has 0 N–H and O–H groups in total. The maximum Gasteiger partial charge on any atom is 0.282 e. The molecule has 0 saturated carbocycles. The number of nitrogens with zero attached hydrogens (tertiary/aromatic N) is 5. The van der Waals surface area contributed by atoms with Gasteiger partial charge in [-0.3, -0.25) is 4.79 Å². The fourth-order valence-corrected chi connectivity index (χ4v) is 3.34. The molecule has 2 aromatic rings. The largest absolute Gasteiger partial charge is 0.366 e. The van der Waals surface area contributed by atoms with Gasteiger partial charge in [-0.25, -0.2) is 9.67 Å². The Morgan fingerprint density at radius 2 is 1.91 bits per heavy atom.